The van der Waals surface area contributed by atoms with Crippen LogP contribution in [-0.2, 0) is 4.79 Å². The van der Waals surface area contributed by atoms with Crippen molar-refractivity contribution in [3.63, 3.8) is 0 Å². The summed E-state index contributed by atoms with van der Waals surface area (Å²) in [7, 11) is 1.61. The normalized spacial score (nSPS) is 18.4. The highest BCUT2D eigenvalue weighted by atomic mass is 16.2. The Bertz CT molecular complexity index is 662. The summed E-state index contributed by atoms with van der Waals surface area (Å²) in [6, 6.07) is 7.22. The number of aromatic amines is 1. The van der Waals surface area contributed by atoms with E-state index in [2.05, 4.69) is 10.3 Å². The van der Waals surface area contributed by atoms with Crippen molar-refractivity contribution in [1.29, 1.82) is 0 Å². The Morgan fingerprint density at radius 2 is 2.20 bits per heavy atom. The highest BCUT2D eigenvalue weighted by molar-refractivity contribution is 6.07. The average molecular weight is 271 g/mol. The molecule has 0 radical (unpaired) electrons. The van der Waals surface area contributed by atoms with Gasteiger partial charge in [0.2, 0.25) is 5.91 Å². The Balaban J connectivity index is 1.96. The quantitative estimate of drug-likeness (QED) is 0.869. The molecule has 1 aliphatic rings. The van der Waals surface area contributed by atoms with Crippen LogP contribution in [0.1, 0.15) is 23.2 Å². The molecule has 1 fully saturated rings. The van der Waals surface area contributed by atoms with Crippen LogP contribution >= 0.6 is 0 Å². The molecule has 0 aliphatic carbocycles. The Hall–Kier alpha value is -2.30. The lowest BCUT2D eigenvalue weighted by atomic mass is 10.1. The summed E-state index contributed by atoms with van der Waals surface area (Å²) in [5, 5.41) is 3.64. The van der Waals surface area contributed by atoms with Crippen LogP contribution in [-0.4, -0.2) is 41.3 Å². The van der Waals surface area contributed by atoms with Gasteiger partial charge in [-0.2, -0.15) is 0 Å². The number of nitrogens with one attached hydrogen (secondary N) is 2. The molecule has 2 heterocycles. The van der Waals surface area contributed by atoms with E-state index in [1.54, 1.807) is 18.0 Å². The van der Waals surface area contributed by atoms with Crippen LogP contribution in [0.4, 0.5) is 0 Å². The van der Waals surface area contributed by atoms with E-state index in [0.717, 1.165) is 23.7 Å². The molecule has 1 atom stereocenters. The summed E-state index contributed by atoms with van der Waals surface area (Å²) in [5.74, 6) is -0.168. The monoisotopic (exact) mass is 271 g/mol. The minimum atomic E-state index is -0.349. The molecule has 104 valence electrons. The number of amides is 2. The standard InChI is InChI=1S/C15H17N3O2/c1-16-14(19)12-6-3-9-18(12)15(20)11-5-2-4-10-7-8-17-13(10)11/h2,4-5,7-8,12,17H,3,6,9H2,1H3,(H,16,19). The molecule has 2 aromatic rings. The molecular weight excluding hydrogens is 254 g/mol. The number of likely N-dealkylation sites (N-methyl/N-ethyl adjacent to an activating group) is 1. The topological polar surface area (TPSA) is 65.2 Å². The first-order valence-electron chi connectivity index (χ1n) is 6.81. The van der Waals surface area contributed by atoms with Crippen molar-refractivity contribution in [2.75, 3.05) is 13.6 Å². The Labute approximate surface area is 117 Å². The third kappa shape index (κ3) is 1.95. The molecule has 5 heteroatoms. The zero-order valence-corrected chi connectivity index (χ0v) is 11.3. The number of rotatable bonds is 2. The molecule has 1 aliphatic heterocycles. The molecule has 1 unspecified atom stereocenters. The Morgan fingerprint density at radius 1 is 1.35 bits per heavy atom. The number of benzene rings is 1. The van der Waals surface area contributed by atoms with Crippen LogP contribution in [0.3, 0.4) is 0 Å². The number of nitrogens with zero attached hydrogens (tertiary/aromatic N) is 1. The number of hydrogen-bond acceptors (Lipinski definition) is 2. The van der Waals surface area contributed by atoms with Gasteiger partial charge in [-0.25, -0.2) is 0 Å². The molecule has 0 spiro atoms. The number of para-hydroxylation sites is 1. The summed E-state index contributed by atoms with van der Waals surface area (Å²) in [4.78, 5) is 29.4. The summed E-state index contributed by atoms with van der Waals surface area (Å²) in [6.45, 7) is 0.633. The summed E-state index contributed by atoms with van der Waals surface area (Å²) < 4.78 is 0. The van der Waals surface area contributed by atoms with Crippen LogP contribution < -0.4 is 5.32 Å². The van der Waals surface area contributed by atoms with Gasteiger partial charge >= 0.3 is 0 Å². The number of aromatic nitrogens is 1. The number of carbonyl (C=O) groups is 2. The summed E-state index contributed by atoms with van der Waals surface area (Å²) in [5.41, 5.74) is 1.46. The van der Waals surface area contributed by atoms with E-state index in [9.17, 15) is 9.59 Å². The van der Waals surface area contributed by atoms with Gasteiger partial charge in [-0.3, -0.25) is 9.59 Å². The van der Waals surface area contributed by atoms with Gasteiger partial charge in [0.1, 0.15) is 6.04 Å². The zero-order valence-electron chi connectivity index (χ0n) is 11.3. The fraction of sp³-hybridized carbons (Fsp3) is 0.333. The van der Waals surface area contributed by atoms with E-state index >= 15 is 0 Å². The maximum Gasteiger partial charge on any atom is 0.256 e. The third-order valence-corrected chi connectivity index (χ3v) is 3.88. The summed E-state index contributed by atoms with van der Waals surface area (Å²) in [6.07, 6.45) is 3.41. The minimum Gasteiger partial charge on any atom is -0.361 e. The van der Waals surface area contributed by atoms with Crippen molar-refractivity contribution in [3.05, 3.63) is 36.0 Å². The number of H-pyrrole nitrogens is 1. The van der Waals surface area contributed by atoms with Crippen LogP contribution in [0.15, 0.2) is 30.5 Å². The third-order valence-electron chi connectivity index (χ3n) is 3.88. The van der Waals surface area contributed by atoms with Crippen molar-refractivity contribution in [3.8, 4) is 0 Å². The van der Waals surface area contributed by atoms with Gasteiger partial charge in [-0.1, -0.05) is 12.1 Å². The van der Waals surface area contributed by atoms with Crippen LogP contribution in [0, 0.1) is 0 Å². The molecule has 1 aromatic carbocycles. The van der Waals surface area contributed by atoms with Crippen molar-refractivity contribution in [2.45, 2.75) is 18.9 Å². The number of carbonyl (C=O) groups excluding carboxylic acids is 2. The lowest BCUT2D eigenvalue weighted by molar-refractivity contribution is -0.124. The fourth-order valence-corrected chi connectivity index (χ4v) is 2.87. The van der Waals surface area contributed by atoms with Gasteiger partial charge < -0.3 is 15.2 Å². The molecule has 0 bridgehead atoms. The van der Waals surface area contributed by atoms with E-state index < -0.39 is 0 Å². The number of likely N-dealkylation sites (tertiary alicyclic amines) is 1. The highest BCUT2D eigenvalue weighted by Crippen LogP contribution is 2.24. The maximum absolute atomic E-state index is 12.7. The van der Waals surface area contributed by atoms with Crippen LogP contribution in [0.25, 0.3) is 10.9 Å². The van der Waals surface area contributed by atoms with E-state index in [-0.39, 0.29) is 17.9 Å². The molecule has 5 nitrogen and oxygen atoms in total. The lowest BCUT2D eigenvalue weighted by Crippen LogP contribution is -2.44. The molecule has 2 N–H and O–H groups in total. The second kappa shape index (κ2) is 5.00. The molecule has 0 saturated carbocycles. The van der Waals surface area contributed by atoms with E-state index in [4.69, 9.17) is 0 Å². The molecule has 3 rings (SSSR count). The summed E-state index contributed by atoms with van der Waals surface area (Å²) >= 11 is 0. The average Bonchev–Trinajstić information content (AvgIpc) is 3.13. The largest absolute Gasteiger partial charge is 0.361 e. The first-order valence-corrected chi connectivity index (χ1v) is 6.81. The fourth-order valence-electron chi connectivity index (χ4n) is 2.87. The highest BCUT2D eigenvalue weighted by Gasteiger charge is 2.34. The van der Waals surface area contributed by atoms with Gasteiger partial charge in [-0.05, 0) is 25.0 Å². The van der Waals surface area contributed by atoms with Gasteiger partial charge in [-0.15, -0.1) is 0 Å². The first-order chi connectivity index (χ1) is 9.72. The minimum absolute atomic E-state index is 0.0795. The van der Waals surface area contributed by atoms with Gasteiger partial charge in [0.05, 0.1) is 11.1 Å². The lowest BCUT2D eigenvalue weighted by Gasteiger charge is -2.23. The molecule has 2 amide bonds. The maximum atomic E-state index is 12.7. The number of fused-ring (bicyclic) bond motifs is 1. The van der Waals surface area contributed by atoms with Gasteiger partial charge in [0.15, 0.2) is 0 Å². The number of hydrogen-bond donors (Lipinski definition) is 2. The predicted octanol–water partition coefficient (Wildman–Crippen LogP) is 1.52. The second-order valence-corrected chi connectivity index (χ2v) is 5.02. The predicted molar refractivity (Wildman–Crippen MR) is 76.4 cm³/mol. The van der Waals surface area contributed by atoms with Crippen molar-refractivity contribution < 1.29 is 9.59 Å². The van der Waals surface area contributed by atoms with Crippen LogP contribution in [0.5, 0.6) is 0 Å². The second-order valence-electron chi connectivity index (χ2n) is 5.02. The molecule has 20 heavy (non-hydrogen) atoms. The zero-order chi connectivity index (χ0) is 14.1. The van der Waals surface area contributed by atoms with E-state index in [0.29, 0.717) is 12.1 Å². The van der Waals surface area contributed by atoms with E-state index in [1.807, 2.05) is 24.4 Å². The van der Waals surface area contributed by atoms with Gasteiger partial charge in [0.25, 0.3) is 5.91 Å². The molecular formula is C15H17N3O2. The Kier molecular flexibility index (Phi) is 3.18. The Morgan fingerprint density at radius 3 is 3.00 bits per heavy atom. The van der Waals surface area contributed by atoms with Crippen LogP contribution in [0.2, 0.25) is 0 Å². The molecule has 1 saturated heterocycles. The van der Waals surface area contributed by atoms with Crippen molar-refractivity contribution in [2.24, 2.45) is 0 Å². The van der Waals surface area contributed by atoms with Gasteiger partial charge in [0, 0.05) is 25.2 Å². The van der Waals surface area contributed by atoms with E-state index in [1.165, 1.54) is 0 Å². The van der Waals surface area contributed by atoms with Crippen molar-refractivity contribution in [1.82, 2.24) is 15.2 Å². The SMILES string of the molecule is CNC(=O)C1CCCN1C(=O)c1cccc2cc[nH]c12. The molecule has 1 aromatic heterocycles. The van der Waals surface area contributed by atoms with Crippen molar-refractivity contribution >= 4 is 22.7 Å². The first kappa shape index (κ1) is 12.7. The smallest absolute Gasteiger partial charge is 0.256 e.